The molecule has 0 fully saturated rings. The fourth-order valence-electron chi connectivity index (χ4n) is 2.15. The zero-order chi connectivity index (χ0) is 12.1. The molecular weight excluding hydrogens is 276 g/mol. The van der Waals surface area contributed by atoms with E-state index in [0.717, 1.165) is 23.6 Å². The van der Waals surface area contributed by atoms with Crippen LogP contribution in [0.25, 0.3) is 0 Å². The van der Waals surface area contributed by atoms with Gasteiger partial charge < -0.3 is 4.74 Å². The van der Waals surface area contributed by atoms with Crippen molar-refractivity contribution in [2.24, 2.45) is 11.8 Å². The second-order valence-electron chi connectivity index (χ2n) is 4.82. The van der Waals surface area contributed by atoms with Crippen molar-refractivity contribution >= 4 is 15.9 Å². The number of ether oxygens (including phenoxy) is 1. The van der Waals surface area contributed by atoms with Crippen molar-refractivity contribution in [2.45, 2.75) is 26.4 Å². The average molecular weight is 295 g/mol. The molecule has 0 spiro atoms. The van der Waals surface area contributed by atoms with Crippen LogP contribution in [0.5, 0.6) is 0 Å². The Kier molecular flexibility index (Phi) is 4.81. The molecule has 0 N–H and O–H groups in total. The van der Waals surface area contributed by atoms with Crippen LogP contribution in [-0.2, 0) is 11.3 Å². The third-order valence-electron chi connectivity index (χ3n) is 3.43. The van der Waals surface area contributed by atoms with E-state index in [-0.39, 0.29) is 0 Å². The summed E-state index contributed by atoms with van der Waals surface area (Å²) in [7, 11) is 0. The summed E-state index contributed by atoms with van der Waals surface area (Å²) in [5, 5.41) is 0. The minimum Gasteiger partial charge on any atom is -0.376 e. The van der Waals surface area contributed by atoms with Gasteiger partial charge in [-0.15, -0.1) is 0 Å². The van der Waals surface area contributed by atoms with E-state index in [1.54, 1.807) is 0 Å². The number of allylic oxidation sites excluding steroid dienone is 2. The maximum absolute atomic E-state index is 5.82. The topological polar surface area (TPSA) is 9.23 Å². The molecule has 0 amide bonds. The normalized spacial score (nSPS) is 23.9. The molecule has 2 unspecified atom stereocenters. The molecule has 17 heavy (non-hydrogen) atoms. The fraction of sp³-hybridized carbons (Fsp3) is 0.467. The van der Waals surface area contributed by atoms with Gasteiger partial charge in [0.15, 0.2) is 0 Å². The molecule has 1 aliphatic rings. The first kappa shape index (κ1) is 12.8. The van der Waals surface area contributed by atoms with Gasteiger partial charge in [0.1, 0.15) is 0 Å². The van der Waals surface area contributed by atoms with Gasteiger partial charge in [-0.05, 0) is 42.4 Å². The molecule has 2 heteroatoms. The Morgan fingerprint density at radius 3 is 2.59 bits per heavy atom. The van der Waals surface area contributed by atoms with Crippen molar-refractivity contribution in [3.8, 4) is 0 Å². The van der Waals surface area contributed by atoms with E-state index in [9.17, 15) is 0 Å². The zero-order valence-corrected chi connectivity index (χ0v) is 11.8. The maximum Gasteiger partial charge on any atom is 0.0717 e. The van der Waals surface area contributed by atoms with E-state index in [2.05, 4.69) is 59.3 Å². The van der Waals surface area contributed by atoms with Crippen LogP contribution in [0, 0.1) is 11.8 Å². The van der Waals surface area contributed by atoms with E-state index in [4.69, 9.17) is 4.74 Å². The van der Waals surface area contributed by atoms with Gasteiger partial charge in [0, 0.05) is 4.47 Å². The van der Waals surface area contributed by atoms with Crippen LogP contribution in [0.1, 0.15) is 25.3 Å². The molecule has 0 saturated carbocycles. The third-order valence-corrected chi connectivity index (χ3v) is 3.96. The molecule has 92 valence electrons. The quantitative estimate of drug-likeness (QED) is 0.739. The molecule has 0 heterocycles. The first-order valence-corrected chi connectivity index (χ1v) is 7.02. The van der Waals surface area contributed by atoms with Crippen LogP contribution in [0.4, 0.5) is 0 Å². The van der Waals surface area contributed by atoms with E-state index in [0.29, 0.717) is 5.92 Å². The van der Waals surface area contributed by atoms with Gasteiger partial charge in [0.05, 0.1) is 13.2 Å². The number of rotatable bonds is 4. The average Bonchev–Trinajstić information content (AvgIpc) is 2.34. The largest absolute Gasteiger partial charge is 0.376 e. The molecular formula is C15H19BrO. The SMILES string of the molecule is CC1CC=CCC1COCc1ccc(Br)cc1. The van der Waals surface area contributed by atoms with Gasteiger partial charge >= 0.3 is 0 Å². The summed E-state index contributed by atoms with van der Waals surface area (Å²) < 4.78 is 6.94. The zero-order valence-electron chi connectivity index (χ0n) is 10.2. The Hall–Kier alpha value is -0.600. The Labute approximate surface area is 112 Å². The van der Waals surface area contributed by atoms with E-state index < -0.39 is 0 Å². The standard InChI is InChI=1S/C15H19BrO/c1-12-4-2-3-5-14(12)11-17-10-13-6-8-15(16)9-7-13/h2-3,6-9,12,14H,4-5,10-11H2,1H3. The highest BCUT2D eigenvalue weighted by molar-refractivity contribution is 9.10. The molecule has 0 radical (unpaired) electrons. The van der Waals surface area contributed by atoms with Crippen molar-refractivity contribution < 1.29 is 4.74 Å². The number of benzene rings is 1. The highest BCUT2D eigenvalue weighted by Gasteiger charge is 2.17. The molecule has 0 aromatic heterocycles. The third kappa shape index (κ3) is 3.97. The summed E-state index contributed by atoms with van der Waals surface area (Å²) in [6, 6.07) is 8.33. The Balaban J connectivity index is 1.75. The second-order valence-corrected chi connectivity index (χ2v) is 5.74. The number of halogens is 1. The van der Waals surface area contributed by atoms with E-state index in [1.807, 2.05) is 0 Å². The van der Waals surface area contributed by atoms with Gasteiger partial charge in [-0.1, -0.05) is 47.1 Å². The Morgan fingerprint density at radius 2 is 1.88 bits per heavy atom. The smallest absolute Gasteiger partial charge is 0.0717 e. The summed E-state index contributed by atoms with van der Waals surface area (Å²) in [5.41, 5.74) is 1.24. The molecule has 1 nitrogen and oxygen atoms in total. The highest BCUT2D eigenvalue weighted by Crippen LogP contribution is 2.25. The highest BCUT2D eigenvalue weighted by atomic mass is 79.9. The lowest BCUT2D eigenvalue weighted by Gasteiger charge is -2.24. The predicted octanol–water partition coefficient (Wildman–Crippen LogP) is 4.57. The summed E-state index contributed by atoms with van der Waals surface area (Å²) in [4.78, 5) is 0. The second kappa shape index (κ2) is 6.36. The predicted molar refractivity (Wildman–Crippen MR) is 74.8 cm³/mol. The van der Waals surface area contributed by atoms with E-state index in [1.165, 1.54) is 18.4 Å². The monoisotopic (exact) mass is 294 g/mol. The first-order valence-electron chi connectivity index (χ1n) is 6.23. The number of hydrogen-bond donors (Lipinski definition) is 0. The van der Waals surface area contributed by atoms with Gasteiger partial charge in [-0.2, -0.15) is 0 Å². The van der Waals surface area contributed by atoms with Gasteiger partial charge in [-0.25, -0.2) is 0 Å². The molecule has 2 atom stereocenters. The van der Waals surface area contributed by atoms with Crippen LogP contribution in [0.2, 0.25) is 0 Å². The van der Waals surface area contributed by atoms with Crippen molar-refractivity contribution in [2.75, 3.05) is 6.61 Å². The molecule has 0 bridgehead atoms. The Bertz CT molecular complexity index is 369. The van der Waals surface area contributed by atoms with Crippen molar-refractivity contribution in [1.82, 2.24) is 0 Å². The summed E-state index contributed by atoms with van der Waals surface area (Å²) >= 11 is 3.44. The Morgan fingerprint density at radius 1 is 1.18 bits per heavy atom. The first-order chi connectivity index (χ1) is 8.25. The van der Waals surface area contributed by atoms with Gasteiger partial charge in [0.2, 0.25) is 0 Å². The van der Waals surface area contributed by atoms with Crippen LogP contribution in [0.15, 0.2) is 40.9 Å². The molecule has 1 aliphatic carbocycles. The minimum absolute atomic E-state index is 0.690. The van der Waals surface area contributed by atoms with Crippen LogP contribution in [0.3, 0.4) is 0 Å². The number of hydrogen-bond acceptors (Lipinski definition) is 1. The lowest BCUT2D eigenvalue weighted by molar-refractivity contribution is 0.0680. The maximum atomic E-state index is 5.82. The summed E-state index contributed by atoms with van der Waals surface area (Å²) in [6.07, 6.45) is 6.94. The van der Waals surface area contributed by atoms with Gasteiger partial charge in [0.25, 0.3) is 0 Å². The molecule has 1 aromatic carbocycles. The lowest BCUT2D eigenvalue weighted by atomic mass is 9.85. The molecule has 1 aromatic rings. The molecule has 0 saturated heterocycles. The lowest BCUT2D eigenvalue weighted by Crippen LogP contribution is -2.19. The van der Waals surface area contributed by atoms with Crippen molar-refractivity contribution in [1.29, 1.82) is 0 Å². The minimum atomic E-state index is 0.690. The summed E-state index contributed by atoms with van der Waals surface area (Å²) in [6.45, 7) is 3.92. The van der Waals surface area contributed by atoms with Gasteiger partial charge in [-0.3, -0.25) is 0 Å². The van der Waals surface area contributed by atoms with Crippen LogP contribution >= 0.6 is 15.9 Å². The fourth-order valence-corrected chi connectivity index (χ4v) is 2.41. The van der Waals surface area contributed by atoms with Crippen molar-refractivity contribution in [3.63, 3.8) is 0 Å². The van der Waals surface area contributed by atoms with E-state index >= 15 is 0 Å². The molecule has 2 rings (SSSR count). The molecule has 0 aliphatic heterocycles. The van der Waals surface area contributed by atoms with Crippen LogP contribution < -0.4 is 0 Å². The van der Waals surface area contributed by atoms with Crippen LogP contribution in [-0.4, -0.2) is 6.61 Å². The summed E-state index contributed by atoms with van der Waals surface area (Å²) in [5.74, 6) is 1.44. The van der Waals surface area contributed by atoms with Crippen molar-refractivity contribution in [3.05, 3.63) is 46.5 Å².